The van der Waals surface area contributed by atoms with Crippen molar-refractivity contribution < 1.29 is 14.5 Å². The summed E-state index contributed by atoms with van der Waals surface area (Å²) in [5.41, 5.74) is 2.90. The first-order valence-corrected chi connectivity index (χ1v) is 8.03. The van der Waals surface area contributed by atoms with Crippen molar-refractivity contribution in [3.63, 3.8) is 0 Å². The van der Waals surface area contributed by atoms with Gasteiger partial charge in [0.25, 0.3) is 5.69 Å². The third-order valence-corrected chi connectivity index (χ3v) is 4.25. The number of anilines is 2. The van der Waals surface area contributed by atoms with Gasteiger partial charge in [-0.3, -0.25) is 14.9 Å². The van der Waals surface area contributed by atoms with Gasteiger partial charge in [0, 0.05) is 28.9 Å². The molecule has 0 saturated heterocycles. The van der Waals surface area contributed by atoms with E-state index >= 15 is 0 Å². The molecule has 1 aliphatic rings. The van der Waals surface area contributed by atoms with Crippen molar-refractivity contribution in [2.75, 3.05) is 5.32 Å². The summed E-state index contributed by atoms with van der Waals surface area (Å²) in [7, 11) is 0. The van der Waals surface area contributed by atoms with E-state index in [4.69, 9.17) is 4.74 Å². The topological polar surface area (TPSA) is 81.5 Å². The van der Waals surface area contributed by atoms with Crippen LogP contribution in [0.4, 0.5) is 17.1 Å². The molecular formula is C20H14N2O4. The van der Waals surface area contributed by atoms with Crippen molar-refractivity contribution >= 4 is 22.8 Å². The fourth-order valence-corrected chi connectivity index (χ4v) is 2.97. The predicted octanol–water partition coefficient (Wildman–Crippen LogP) is 4.46. The summed E-state index contributed by atoms with van der Waals surface area (Å²) in [5, 5.41) is 14.2. The molecule has 0 bridgehead atoms. The fourth-order valence-electron chi connectivity index (χ4n) is 2.97. The maximum absolute atomic E-state index is 12.8. The Kier molecular flexibility index (Phi) is 3.85. The summed E-state index contributed by atoms with van der Waals surface area (Å²) in [5.74, 6) is 0.361. The third kappa shape index (κ3) is 2.77. The lowest BCUT2D eigenvalue weighted by molar-refractivity contribution is -0.383. The second-order valence-corrected chi connectivity index (χ2v) is 5.89. The molecular weight excluding hydrogens is 332 g/mol. The highest BCUT2D eigenvalue weighted by Crippen LogP contribution is 2.33. The maximum Gasteiger partial charge on any atom is 0.292 e. The molecule has 4 rings (SSSR count). The molecule has 0 radical (unpaired) electrons. The summed E-state index contributed by atoms with van der Waals surface area (Å²) in [6.07, 6.45) is 0. The van der Waals surface area contributed by atoms with Crippen LogP contribution in [0, 0.1) is 10.1 Å². The average molecular weight is 346 g/mol. The minimum absolute atomic E-state index is 0.0214. The number of ether oxygens (including phenoxy) is 1. The number of nitro benzene ring substituents is 1. The van der Waals surface area contributed by atoms with Crippen LogP contribution in [0.2, 0.25) is 0 Å². The normalized spacial score (nSPS) is 12.4. The minimum Gasteiger partial charge on any atom is -0.488 e. The van der Waals surface area contributed by atoms with E-state index in [1.165, 1.54) is 6.07 Å². The molecule has 0 fully saturated rings. The van der Waals surface area contributed by atoms with Gasteiger partial charge in [-0.25, -0.2) is 0 Å². The van der Waals surface area contributed by atoms with E-state index < -0.39 is 4.92 Å². The number of hydrogen-bond donors (Lipinski definition) is 1. The van der Waals surface area contributed by atoms with Gasteiger partial charge in [0.1, 0.15) is 18.0 Å². The van der Waals surface area contributed by atoms with Crippen LogP contribution in [-0.2, 0) is 6.61 Å². The van der Waals surface area contributed by atoms with Crippen LogP contribution >= 0.6 is 0 Å². The number of ketones is 1. The van der Waals surface area contributed by atoms with Gasteiger partial charge in [0.15, 0.2) is 5.78 Å². The number of nitro groups is 1. The molecule has 3 aromatic carbocycles. The van der Waals surface area contributed by atoms with E-state index in [0.29, 0.717) is 34.9 Å². The largest absolute Gasteiger partial charge is 0.488 e. The Balaban J connectivity index is 1.69. The van der Waals surface area contributed by atoms with Gasteiger partial charge in [-0.2, -0.15) is 0 Å². The van der Waals surface area contributed by atoms with E-state index in [-0.39, 0.29) is 11.5 Å². The van der Waals surface area contributed by atoms with Crippen molar-refractivity contribution in [3.05, 3.63) is 93.5 Å². The summed E-state index contributed by atoms with van der Waals surface area (Å²) >= 11 is 0. The summed E-state index contributed by atoms with van der Waals surface area (Å²) in [6.45, 7) is 0.295. The number of nitrogens with one attached hydrogen (secondary N) is 1. The highest BCUT2D eigenvalue weighted by molar-refractivity contribution is 6.12. The van der Waals surface area contributed by atoms with Gasteiger partial charge >= 0.3 is 0 Å². The SMILES string of the molecule is O=C1c2ccccc2COc2cc(Nc3ccccc3[N+](=O)[O-])ccc21. The number of fused-ring (bicyclic) bond motifs is 2. The highest BCUT2D eigenvalue weighted by Gasteiger charge is 2.22. The first kappa shape index (κ1) is 15.8. The molecule has 0 spiro atoms. The lowest BCUT2D eigenvalue weighted by atomic mass is 9.99. The molecule has 0 unspecified atom stereocenters. The molecule has 0 saturated carbocycles. The van der Waals surface area contributed by atoms with E-state index in [9.17, 15) is 14.9 Å². The van der Waals surface area contributed by atoms with Crippen molar-refractivity contribution in [2.45, 2.75) is 6.61 Å². The number of hydrogen-bond acceptors (Lipinski definition) is 5. The van der Waals surface area contributed by atoms with Crippen molar-refractivity contribution in [1.29, 1.82) is 0 Å². The van der Waals surface area contributed by atoms with Gasteiger partial charge in [-0.15, -0.1) is 0 Å². The molecule has 6 heteroatoms. The molecule has 1 aliphatic heterocycles. The molecule has 26 heavy (non-hydrogen) atoms. The minimum atomic E-state index is -0.442. The number of benzene rings is 3. The Morgan fingerprint density at radius 2 is 1.73 bits per heavy atom. The van der Waals surface area contributed by atoms with Gasteiger partial charge in [0.05, 0.1) is 10.5 Å². The van der Waals surface area contributed by atoms with E-state index in [1.807, 2.05) is 18.2 Å². The first-order chi connectivity index (χ1) is 12.6. The third-order valence-electron chi connectivity index (χ3n) is 4.25. The van der Waals surface area contributed by atoms with Crippen LogP contribution in [0.1, 0.15) is 21.5 Å². The first-order valence-electron chi connectivity index (χ1n) is 8.03. The van der Waals surface area contributed by atoms with Crippen molar-refractivity contribution in [1.82, 2.24) is 0 Å². The lowest BCUT2D eigenvalue weighted by Crippen LogP contribution is -2.03. The molecule has 6 nitrogen and oxygen atoms in total. The van der Waals surface area contributed by atoms with Crippen molar-refractivity contribution in [2.24, 2.45) is 0 Å². The maximum atomic E-state index is 12.8. The van der Waals surface area contributed by atoms with Crippen LogP contribution in [0.3, 0.4) is 0 Å². The number of para-hydroxylation sites is 2. The molecule has 3 aromatic rings. The second kappa shape index (κ2) is 6.33. The molecule has 0 atom stereocenters. The average Bonchev–Trinajstić information content (AvgIpc) is 2.79. The van der Waals surface area contributed by atoms with Crippen LogP contribution in [-0.4, -0.2) is 10.7 Å². The summed E-state index contributed by atoms with van der Waals surface area (Å²) < 4.78 is 5.81. The Morgan fingerprint density at radius 1 is 0.962 bits per heavy atom. The predicted molar refractivity (Wildman–Crippen MR) is 97.0 cm³/mol. The van der Waals surface area contributed by atoms with Gasteiger partial charge in [-0.1, -0.05) is 36.4 Å². The van der Waals surface area contributed by atoms with Crippen LogP contribution < -0.4 is 10.1 Å². The second-order valence-electron chi connectivity index (χ2n) is 5.89. The quantitative estimate of drug-likeness (QED) is 0.559. The standard InChI is InChI=1S/C20H14N2O4/c23-20-15-6-2-1-5-13(15)12-26-19-11-14(9-10-16(19)20)21-17-7-3-4-8-18(17)22(24)25/h1-11,21H,12H2. The van der Waals surface area contributed by atoms with Gasteiger partial charge < -0.3 is 10.1 Å². The Bertz CT molecular complexity index is 1030. The fraction of sp³-hybridized carbons (Fsp3) is 0.0500. The molecule has 1 heterocycles. The number of nitrogens with zero attached hydrogens (tertiary/aromatic N) is 1. The lowest BCUT2D eigenvalue weighted by Gasteiger charge is -2.11. The summed E-state index contributed by atoms with van der Waals surface area (Å²) in [4.78, 5) is 23.5. The Morgan fingerprint density at radius 3 is 2.58 bits per heavy atom. The Labute approximate surface area is 149 Å². The monoisotopic (exact) mass is 346 g/mol. The zero-order valence-corrected chi connectivity index (χ0v) is 13.6. The van der Waals surface area contributed by atoms with Gasteiger partial charge in [-0.05, 0) is 18.2 Å². The van der Waals surface area contributed by atoms with E-state index in [1.54, 1.807) is 42.5 Å². The number of carbonyl (C=O) groups is 1. The number of rotatable bonds is 3. The number of carbonyl (C=O) groups excluding carboxylic acids is 1. The van der Waals surface area contributed by atoms with Crippen LogP contribution in [0.25, 0.3) is 0 Å². The van der Waals surface area contributed by atoms with Crippen LogP contribution in [0.15, 0.2) is 66.7 Å². The van der Waals surface area contributed by atoms with Gasteiger partial charge in [0.2, 0.25) is 0 Å². The zero-order chi connectivity index (χ0) is 18.1. The molecule has 0 amide bonds. The molecule has 0 aliphatic carbocycles. The van der Waals surface area contributed by atoms with Crippen molar-refractivity contribution in [3.8, 4) is 5.75 Å². The smallest absolute Gasteiger partial charge is 0.292 e. The highest BCUT2D eigenvalue weighted by atomic mass is 16.6. The van der Waals surface area contributed by atoms with Crippen LogP contribution in [0.5, 0.6) is 5.75 Å². The summed E-state index contributed by atoms with van der Waals surface area (Å²) in [6, 6.07) is 18.8. The molecule has 0 aromatic heterocycles. The molecule has 128 valence electrons. The molecule has 1 N–H and O–H groups in total. The Hall–Kier alpha value is -3.67. The zero-order valence-electron chi connectivity index (χ0n) is 13.6. The van der Waals surface area contributed by atoms with E-state index in [2.05, 4.69) is 5.32 Å². The van der Waals surface area contributed by atoms with E-state index in [0.717, 1.165) is 5.56 Å².